The molecule has 1 aromatic carbocycles. The third-order valence-corrected chi connectivity index (χ3v) is 4.03. The summed E-state index contributed by atoms with van der Waals surface area (Å²) in [5.41, 5.74) is 0.461. The Bertz CT molecular complexity index is 508. The van der Waals surface area contributed by atoms with Crippen LogP contribution in [-0.2, 0) is 4.79 Å². The molecule has 1 aromatic rings. The molecule has 0 aliphatic carbocycles. The van der Waals surface area contributed by atoms with E-state index >= 15 is 0 Å². The maximum absolute atomic E-state index is 12.8. The summed E-state index contributed by atoms with van der Waals surface area (Å²) in [4.78, 5) is 25.9. The summed E-state index contributed by atoms with van der Waals surface area (Å²) in [5.74, 6) is -0.323. The van der Waals surface area contributed by atoms with Crippen LogP contribution in [0.15, 0.2) is 24.3 Å². The molecule has 1 saturated heterocycles. The van der Waals surface area contributed by atoms with Gasteiger partial charge < -0.3 is 10.2 Å². The number of likely N-dealkylation sites (tertiary alicyclic amines) is 1. The SMILES string of the molecule is CCCCC(=O)N1CCC(NC(=O)c2ccc(F)cc2)CC1. The molecule has 120 valence electrons. The molecule has 0 radical (unpaired) electrons. The lowest BCUT2D eigenvalue weighted by atomic mass is 10.0. The van der Waals surface area contributed by atoms with Crippen LogP contribution in [-0.4, -0.2) is 35.8 Å². The molecule has 1 aliphatic rings. The van der Waals surface area contributed by atoms with Gasteiger partial charge in [0.25, 0.3) is 5.91 Å². The van der Waals surface area contributed by atoms with E-state index in [1.165, 1.54) is 24.3 Å². The fourth-order valence-corrected chi connectivity index (χ4v) is 2.63. The van der Waals surface area contributed by atoms with Gasteiger partial charge >= 0.3 is 0 Å². The third-order valence-electron chi connectivity index (χ3n) is 4.03. The zero-order valence-electron chi connectivity index (χ0n) is 13.0. The van der Waals surface area contributed by atoms with Crippen molar-refractivity contribution >= 4 is 11.8 Å². The first-order chi connectivity index (χ1) is 10.6. The van der Waals surface area contributed by atoms with Crippen molar-refractivity contribution in [1.29, 1.82) is 0 Å². The van der Waals surface area contributed by atoms with Gasteiger partial charge in [0.2, 0.25) is 5.91 Å². The molecule has 0 spiro atoms. The van der Waals surface area contributed by atoms with Crippen molar-refractivity contribution in [3.63, 3.8) is 0 Å². The van der Waals surface area contributed by atoms with E-state index in [2.05, 4.69) is 12.2 Å². The van der Waals surface area contributed by atoms with E-state index in [9.17, 15) is 14.0 Å². The van der Waals surface area contributed by atoms with Gasteiger partial charge in [-0.3, -0.25) is 9.59 Å². The summed E-state index contributed by atoms with van der Waals surface area (Å²) >= 11 is 0. The number of halogens is 1. The molecular formula is C17H23FN2O2. The van der Waals surface area contributed by atoms with E-state index in [1.807, 2.05) is 4.90 Å². The zero-order chi connectivity index (χ0) is 15.9. The summed E-state index contributed by atoms with van der Waals surface area (Å²) in [6.07, 6.45) is 4.11. The van der Waals surface area contributed by atoms with Crippen molar-refractivity contribution in [1.82, 2.24) is 10.2 Å². The van der Waals surface area contributed by atoms with Crippen LogP contribution in [0.2, 0.25) is 0 Å². The molecular weight excluding hydrogens is 283 g/mol. The van der Waals surface area contributed by atoms with E-state index in [4.69, 9.17) is 0 Å². The van der Waals surface area contributed by atoms with Gasteiger partial charge in [-0.05, 0) is 43.5 Å². The van der Waals surface area contributed by atoms with Crippen LogP contribution < -0.4 is 5.32 Å². The molecule has 0 unspecified atom stereocenters. The number of piperidine rings is 1. The minimum absolute atomic E-state index is 0.0766. The average Bonchev–Trinajstić information content (AvgIpc) is 2.54. The Morgan fingerprint density at radius 1 is 1.23 bits per heavy atom. The van der Waals surface area contributed by atoms with E-state index in [0.29, 0.717) is 25.1 Å². The Balaban J connectivity index is 1.78. The molecule has 2 rings (SSSR count). The largest absolute Gasteiger partial charge is 0.349 e. The first kappa shape index (κ1) is 16.5. The Hall–Kier alpha value is -1.91. The van der Waals surface area contributed by atoms with Gasteiger partial charge in [-0.1, -0.05) is 13.3 Å². The minimum atomic E-state index is -0.351. The summed E-state index contributed by atoms with van der Waals surface area (Å²) in [7, 11) is 0. The number of unbranched alkanes of at least 4 members (excludes halogenated alkanes) is 1. The van der Waals surface area contributed by atoms with Crippen LogP contribution in [0.1, 0.15) is 49.4 Å². The summed E-state index contributed by atoms with van der Waals surface area (Å²) in [6, 6.07) is 5.60. The van der Waals surface area contributed by atoms with Gasteiger partial charge in [0.05, 0.1) is 0 Å². The number of rotatable bonds is 5. The van der Waals surface area contributed by atoms with Crippen LogP contribution in [0.5, 0.6) is 0 Å². The van der Waals surface area contributed by atoms with Gasteiger partial charge in [0.1, 0.15) is 5.82 Å². The van der Waals surface area contributed by atoms with Gasteiger partial charge in [0.15, 0.2) is 0 Å². The van der Waals surface area contributed by atoms with Crippen molar-refractivity contribution in [2.75, 3.05) is 13.1 Å². The molecule has 1 aliphatic heterocycles. The Kier molecular flexibility index (Phi) is 5.92. The molecule has 22 heavy (non-hydrogen) atoms. The number of nitrogens with zero attached hydrogens (tertiary/aromatic N) is 1. The molecule has 0 aromatic heterocycles. The van der Waals surface area contributed by atoms with E-state index in [-0.39, 0.29) is 23.7 Å². The van der Waals surface area contributed by atoms with Gasteiger partial charge in [-0.25, -0.2) is 4.39 Å². The zero-order valence-corrected chi connectivity index (χ0v) is 13.0. The third kappa shape index (κ3) is 4.55. The lowest BCUT2D eigenvalue weighted by molar-refractivity contribution is -0.132. The average molecular weight is 306 g/mol. The lowest BCUT2D eigenvalue weighted by Gasteiger charge is -2.32. The number of benzene rings is 1. The van der Waals surface area contributed by atoms with Crippen LogP contribution in [0.4, 0.5) is 4.39 Å². The lowest BCUT2D eigenvalue weighted by Crippen LogP contribution is -2.46. The highest BCUT2D eigenvalue weighted by atomic mass is 19.1. The van der Waals surface area contributed by atoms with E-state index < -0.39 is 0 Å². The topological polar surface area (TPSA) is 49.4 Å². The predicted octanol–water partition coefficient (Wildman–Crippen LogP) is 2.74. The number of carbonyl (C=O) groups excluding carboxylic acids is 2. The molecule has 0 saturated carbocycles. The second-order valence-electron chi connectivity index (χ2n) is 5.74. The number of amides is 2. The quantitative estimate of drug-likeness (QED) is 0.909. The van der Waals surface area contributed by atoms with E-state index in [0.717, 1.165) is 25.7 Å². The van der Waals surface area contributed by atoms with Crippen molar-refractivity contribution in [2.45, 2.75) is 45.1 Å². The number of carbonyl (C=O) groups is 2. The summed E-state index contributed by atoms with van der Waals surface area (Å²) in [6.45, 7) is 3.46. The molecule has 1 heterocycles. The summed E-state index contributed by atoms with van der Waals surface area (Å²) < 4.78 is 12.8. The molecule has 2 amide bonds. The molecule has 0 atom stereocenters. The Morgan fingerprint density at radius 3 is 2.45 bits per heavy atom. The normalized spacial score (nSPS) is 15.6. The van der Waals surface area contributed by atoms with Crippen LogP contribution in [0, 0.1) is 5.82 Å². The second kappa shape index (κ2) is 7.92. The Labute approximate surface area is 130 Å². The van der Waals surface area contributed by atoms with Gasteiger partial charge in [-0.15, -0.1) is 0 Å². The van der Waals surface area contributed by atoms with Crippen molar-refractivity contribution in [3.05, 3.63) is 35.6 Å². The van der Waals surface area contributed by atoms with Gasteiger partial charge in [-0.2, -0.15) is 0 Å². The monoisotopic (exact) mass is 306 g/mol. The van der Waals surface area contributed by atoms with Crippen molar-refractivity contribution in [2.24, 2.45) is 0 Å². The fraction of sp³-hybridized carbons (Fsp3) is 0.529. The standard InChI is InChI=1S/C17H23FN2O2/c1-2-3-4-16(21)20-11-9-15(10-12-20)19-17(22)13-5-7-14(18)8-6-13/h5-8,15H,2-4,9-12H2,1H3,(H,19,22). The molecule has 0 bridgehead atoms. The number of hydrogen-bond donors (Lipinski definition) is 1. The van der Waals surface area contributed by atoms with Crippen molar-refractivity contribution < 1.29 is 14.0 Å². The minimum Gasteiger partial charge on any atom is -0.349 e. The molecule has 4 nitrogen and oxygen atoms in total. The Morgan fingerprint density at radius 2 is 1.86 bits per heavy atom. The number of nitrogens with one attached hydrogen (secondary N) is 1. The summed E-state index contributed by atoms with van der Waals surface area (Å²) in [5, 5.41) is 2.96. The number of hydrogen-bond acceptors (Lipinski definition) is 2. The maximum atomic E-state index is 12.8. The van der Waals surface area contributed by atoms with Crippen LogP contribution >= 0.6 is 0 Å². The highest BCUT2D eigenvalue weighted by molar-refractivity contribution is 5.94. The van der Waals surface area contributed by atoms with E-state index in [1.54, 1.807) is 0 Å². The highest BCUT2D eigenvalue weighted by Gasteiger charge is 2.23. The highest BCUT2D eigenvalue weighted by Crippen LogP contribution is 2.13. The predicted molar refractivity (Wildman–Crippen MR) is 83.0 cm³/mol. The maximum Gasteiger partial charge on any atom is 0.251 e. The van der Waals surface area contributed by atoms with Crippen LogP contribution in [0.25, 0.3) is 0 Å². The molecule has 1 fully saturated rings. The first-order valence-corrected chi connectivity index (χ1v) is 7.94. The molecule has 1 N–H and O–H groups in total. The smallest absolute Gasteiger partial charge is 0.251 e. The first-order valence-electron chi connectivity index (χ1n) is 7.94. The second-order valence-corrected chi connectivity index (χ2v) is 5.74. The molecule has 5 heteroatoms. The van der Waals surface area contributed by atoms with Crippen molar-refractivity contribution in [3.8, 4) is 0 Å². The van der Waals surface area contributed by atoms with Gasteiger partial charge in [0, 0.05) is 31.1 Å². The van der Waals surface area contributed by atoms with Crippen LogP contribution in [0.3, 0.4) is 0 Å². The fourth-order valence-electron chi connectivity index (χ4n) is 2.63.